The Morgan fingerprint density at radius 1 is 1.18 bits per heavy atom. The van der Waals surface area contributed by atoms with Crippen LogP contribution in [0, 0.1) is 0 Å². The minimum absolute atomic E-state index is 0.154. The Balaban J connectivity index is 1.48. The van der Waals surface area contributed by atoms with Gasteiger partial charge >= 0.3 is 6.09 Å². The topological polar surface area (TPSA) is 132 Å². The van der Waals surface area contributed by atoms with E-state index in [9.17, 15) is 9.59 Å². The molecule has 44 heavy (non-hydrogen) atoms. The van der Waals surface area contributed by atoms with Crippen LogP contribution in [0.4, 0.5) is 27.8 Å². The molecule has 3 heterocycles. The molecule has 0 unspecified atom stereocenters. The number of hydrogen-bond acceptors (Lipinski definition) is 9. The average Bonchev–Trinajstić information content (AvgIpc) is 3.38. The summed E-state index contributed by atoms with van der Waals surface area (Å²) in [6.07, 6.45) is 2.43. The van der Waals surface area contributed by atoms with E-state index in [1.165, 1.54) is 6.08 Å². The molecule has 5 rings (SSSR count). The molecule has 3 N–H and O–H groups in total. The van der Waals surface area contributed by atoms with E-state index < -0.39 is 6.09 Å². The molecule has 4 aromatic rings. The molecule has 12 heteroatoms. The average molecular weight is 600 g/mol. The first kappa shape index (κ1) is 30.4. The highest BCUT2D eigenvalue weighted by atomic mass is 16.5. The van der Waals surface area contributed by atoms with Crippen LogP contribution in [0.2, 0.25) is 0 Å². The molecule has 2 aromatic carbocycles. The quantitative estimate of drug-likeness (QED) is 0.191. The lowest BCUT2D eigenvalue weighted by molar-refractivity contribution is -0.111. The molecule has 0 radical (unpaired) electrons. The third-order valence-corrected chi connectivity index (χ3v) is 7.33. The minimum atomic E-state index is -0.482. The van der Waals surface area contributed by atoms with Crippen molar-refractivity contribution in [2.75, 3.05) is 55.5 Å². The zero-order valence-corrected chi connectivity index (χ0v) is 25.2. The van der Waals surface area contributed by atoms with Gasteiger partial charge in [0.1, 0.15) is 12.4 Å². The first-order chi connectivity index (χ1) is 21.5. The summed E-state index contributed by atoms with van der Waals surface area (Å²) < 4.78 is 19.1. The Kier molecular flexibility index (Phi) is 9.60. The van der Waals surface area contributed by atoms with E-state index in [4.69, 9.17) is 19.2 Å². The van der Waals surface area contributed by atoms with E-state index in [0.717, 1.165) is 34.4 Å². The summed E-state index contributed by atoms with van der Waals surface area (Å²) in [6.45, 7) is 10.9. The summed E-state index contributed by atoms with van der Waals surface area (Å²) in [6, 6.07) is 13.7. The van der Waals surface area contributed by atoms with Crippen molar-refractivity contribution < 1.29 is 23.8 Å². The number of likely N-dealkylation sites (N-methyl/N-ethyl adjacent to an activating group) is 1. The van der Waals surface area contributed by atoms with Crippen molar-refractivity contribution in [2.24, 2.45) is 0 Å². The molecular formula is C32H37N7O5. The maximum Gasteiger partial charge on any atom is 0.407 e. The number of anilines is 4. The Morgan fingerprint density at radius 2 is 2.02 bits per heavy atom. The highest BCUT2D eigenvalue weighted by Crippen LogP contribution is 2.39. The van der Waals surface area contributed by atoms with Gasteiger partial charge in [-0.1, -0.05) is 24.8 Å². The van der Waals surface area contributed by atoms with Gasteiger partial charge in [-0.05, 0) is 38.1 Å². The molecule has 0 spiro atoms. The molecule has 230 valence electrons. The van der Waals surface area contributed by atoms with Gasteiger partial charge in [0.25, 0.3) is 0 Å². The number of fused-ring (bicyclic) bond motifs is 3. The zero-order chi connectivity index (χ0) is 31.1. The summed E-state index contributed by atoms with van der Waals surface area (Å²) in [7, 11) is 1.57. The fourth-order valence-corrected chi connectivity index (χ4v) is 5.32. The number of ether oxygens (including phenoxy) is 3. The Morgan fingerprint density at radius 3 is 2.80 bits per heavy atom. The molecule has 0 saturated heterocycles. The minimum Gasteiger partial charge on any atom is -0.494 e. The SMILES string of the molecule is C=CC(=O)Nc1cc(Nc2nccc(-c3c4n(c5ccccc35)CCOC4)n2)c(OC)cc1N(CC)CCOC(=O)NCC. The van der Waals surface area contributed by atoms with E-state index >= 15 is 0 Å². The number of benzene rings is 2. The van der Waals surface area contributed by atoms with Gasteiger partial charge in [-0.15, -0.1) is 0 Å². The number of carbonyl (C=O) groups excluding carboxylic acids is 2. The van der Waals surface area contributed by atoms with Gasteiger partial charge in [0.05, 0.1) is 55.3 Å². The zero-order valence-electron chi connectivity index (χ0n) is 25.2. The Bertz CT molecular complexity index is 1670. The van der Waals surface area contributed by atoms with Crippen molar-refractivity contribution in [3.05, 3.63) is 67.0 Å². The molecule has 0 bridgehead atoms. The number of alkyl carbamates (subject to hydrolysis) is 1. The number of methoxy groups -OCH3 is 1. The van der Waals surface area contributed by atoms with Gasteiger partial charge in [-0.2, -0.15) is 0 Å². The molecule has 0 fully saturated rings. The molecule has 0 atom stereocenters. The normalized spacial score (nSPS) is 12.2. The van der Waals surface area contributed by atoms with E-state index in [1.807, 2.05) is 43.0 Å². The predicted octanol–water partition coefficient (Wildman–Crippen LogP) is 5.08. The van der Waals surface area contributed by atoms with Crippen LogP contribution in [-0.4, -0.2) is 66.5 Å². The van der Waals surface area contributed by atoms with E-state index in [0.29, 0.717) is 61.6 Å². The Hall–Kier alpha value is -5.10. The maximum absolute atomic E-state index is 12.4. The standard InChI is InChI=1S/C32H37N7O5/c1-5-29(40)35-23-18-24(28(42-4)19-26(23)38(7-3)14-17-44-32(41)33-6-2)37-31-34-13-12-22(36-31)30-21-10-8-9-11-25(21)39-15-16-43-20-27(30)39/h5,8-13,18-19H,1,6-7,14-17,20H2,2-4H3,(H,33,41)(H,35,40)(H,34,36,37). The third-order valence-electron chi connectivity index (χ3n) is 7.33. The molecule has 12 nitrogen and oxygen atoms in total. The van der Waals surface area contributed by atoms with Gasteiger partial charge < -0.3 is 39.6 Å². The van der Waals surface area contributed by atoms with Crippen LogP contribution in [0.5, 0.6) is 5.75 Å². The number of amides is 2. The van der Waals surface area contributed by atoms with Crippen LogP contribution >= 0.6 is 0 Å². The van der Waals surface area contributed by atoms with Gasteiger partial charge in [0, 0.05) is 48.4 Å². The van der Waals surface area contributed by atoms with Crippen LogP contribution in [-0.2, 0) is 27.4 Å². The number of hydrogen-bond donors (Lipinski definition) is 3. The summed E-state index contributed by atoms with van der Waals surface area (Å²) in [5, 5.41) is 9.89. The summed E-state index contributed by atoms with van der Waals surface area (Å²) in [4.78, 5) is 35.6. The largest absolute Gasteiger partial charge is 0.494 e. The first-order valence-corrected chi connectivity index (χ1v) is 14.6. The van der Waals surface area contributed by atoms with Crippen molar-refractivity contribution in [1.29, 1.82) is 0 Å². The van der Waals surface area contributed by atoms with Crippen LogP contribution in [0.3, 0.4) is 0 Å². The second-order valence-electron chi connectivity index (χ2n) is 9.94. The fraction of sp³-hybridized carbons (Fsp3) is 0.312. The fourth-order valence-electron chi connectivity index (χ4n) is 5.32. The number of rotatable bonds is 12. The molecule has 1 aliphatic heterocycles. The van der Waals surface area contributed by atoms with Gasteiger partial charge in [0.15, 0.2) is 0 Å². The van der Waals surface area contributed by atoms with Gasteiger partial charge in [0.2, 0.25) is 11.9 Å². The highest BCUT2D eigenvalue weighted by Gasteiger charge is 2.23. The van der Waals surface area contributed by atoms with Crippen LogP contribution in [0.1, 0.15) is 19.5 Å². The van der Waals surface area contributed by atoms with Crippen molar-refractivity contribution in [3.63, 3.8) is 0 Å². The predicted molar refractivity (Wildman–Crippen MR) is 171 cm³/mol. The molecule has 1 aliphatic rings. The van der Waals surface area contributed by atoms with Crippen LogP contribution in [0.15, 0.2) is 61.3 Å². The smallest absolute Gasteiger partial charge is 0.407 e. The van der Waals surface area contributed by atoms with Crippen molar-refractivity contribution in [1.82, 2.24) is 19.9 Å². The number of para-hydroxylation sites is 1. The van der Waals surface area contributed by atoms with Crippen molar-refractivity contribution >= 4 is 45.9 Å². The Labute approximate surface area is 256 Å². The summed E-state index contributed by atoms with van der Waals surface area (Å²) in [5.74, 6) is 0.495. The van der Waals surface area contributed by atoms with Crippen LogP contribution in [0.25, 0.3) is 22.2 Å². The number of nitrogens with zero attached hydrogens (tertiary/aromatic N) is 4. The lowest BCUT2D eigenvalue weighted by Crippen LogP contribution is -2.31. The number of carbonyl (C=O) groups is 2. The van der Waals surface area contributed by atoms with E-state index in [-0.39, 0.29) is 12.5 Å². The molecule has 2 amide bonds. The lowest BCUT2D eigenvalue weighted by atomic mass is 10.1. The van der Waals surface area contributed by atoms with E-state index in [2.05, 4.69) is 44.2 Å². The molecular weight excluding hydrogens is 562 g/mol. The first-order valence-electron chi connectivity index (χ1n) is 14.6. The van der Waals surface area contributed by atoms with Gasteiger partial charge in [-0.3, -0.25) is 4.79 Å². The molecule has 2 aromatic heterocycles. The number of nitrogens with one attached hydrogen (secondary N) is 3. The van der Waals surface area contributed by atoms with E-state index in [1.54, 1.807) is 19.4 Å². The monoisotopic (exact) mass is 599 g/mol. The molecule has 0 aliphatic carbocycles. The highest BCUT2D eigenvalue weighted by molar-refractivity contribution is 6.02. The summed E-state index contributed by atoms with van der Waals surface area (Å²) in [5.41, 5.74) is 5.75. The summed E-state index contributed by atoms with van der Waals surface area (Å²) >= 11 is 0. The molecule has 0 saturated carbocycles. The maximum atomic E-state index is 12.4. The lowest BCUT2D eigenvalue weighted by Gasteiger charge is -2.27. The van der Waals surface area contributed by atoms with Gasteiger partial charge in [-0.25, -0.2) is 14.8 Å². The number of aromatic nitrogens is 3. The van der Waals surface area contributed by atoms with Crippen molar-refractivity contribution in [3.8, 4) is 17.0 Å². The van der Waals surface area contributed by atoms with Crippen molar-refractivity contribution in [2.45, 2.75) is 27.0 Å². The van der Waals surface area contributed by atoms with Crippen LogP contribution < -0.4 is 25.6 Å². The third kappa shape index (κ3) is 6.45. The second kappa shape index (κ2) is 13.9. The second-order valence-corrected chi connectivity index (χ2v) is 9.94.